The van der Waals surface area contributed by atoms with E-state index in [0.29, 0.717) is 0 Å². The van der Waals surface area contributed by atoms with Crippen molar-refractivity contribution < 1.29 is 38.1 Å². The Morgan fingerprint density at radius 3 is 1.72 bits per heavy atom. The molecular weight excluding hydrogens is 384 g/mol. The van der Waals surface area contributed by atoms with Gasteiger partial charge in [-0.15, -0.1) is 0 Å². The summed E-state index contributed by atoms with van der Waals surface area (Å²) in [4.78, 5) is 50.2. The molecule has 0 radical (unpaired) electrons. The van der Waals surface area contributed by atoms with E-state index >= 15 is 0 Å². The number of carbonyl (C=O) groups excluding carboxylic acids is 4. The summed E-state index contributed by atoms with van der Waals surface area (Å²) in [6, 6.07) is 0. The van der Waals surface area contributed by atoms with E-state index in [1.165, 1.54) is 12.4 Å². The number of nitrogens with zero attached hydrogens (tertiary/aromatic N) is 2. The molecule has 1 aromatic rings. The number of rotatable bonds is 8. The molecule has 10 heteroatoms. The second-order valence-corrected chi connectivity index (χ2v) is 7.02. The lowest BCUT2D eigenvalue weighted by atomic mass is 9.82. The third kappa shape index (κ3) is 6.03. The lowest BCUT2D eigenvalue weighted by molar-refractivity contribution is -0.183. The maximum atomic E-state index is 12.7. The third-order valence-electron chi connectivity index (χ3n) is 3.56. The summed E-state index contributed by atoms with van der Waals surface area (Å²) in [5.41, 5.74) is -2.87. The molecule has 0 aromatic carbocycles. The van der Waals surface area contributed by atoms with Crippen molar-refractivity contribution in [3.63, 3.8) is 0 Å². The van der Waals surface area contributed by atoms with Crippen molar-refractivity contribution in [3.8, 4) is 0 Å². The number of esters is 3. The fourth-order valence-corrected chi connectivity index (χ4v) is 2.40. The highest BCUT2D eigenvalue weighted by molar-refractivity contribution is 6.18. The Balaban J connectivity index is 3.33. The summed E-state index contributed by atoms with van der Waals surface area (Å²) in [6.07, 6.45) is 1.31. The van der Waals surface area contributed by atoms with Gasteiger partial charge in [-0.05, 0) is 47.1 Å². The average molecular weight is 412 g/mol. The van der Waals surface area contributed by atoms with Crippen molar-refractivity contribution in [3.05, 3.63) is 18.0 Å². The first kappa shape index (κ1) is 24.1. The number of carbonyl (C=O) groups is 4. The zero-order valence-corrected chi connectivity index (χ0v) is 17.6. The standard InChI is InChI=1S/C19H28N2O8/c1-7-26-14(22)19(15(23)27-8-2,16(24)28-9-3)10-13-11-20-21(12-13)17(25)29-18(4,5)6/h11-12H,7-10H2,1-6H3. The molecule has 0 bridgehead atoms. The summed E-state index contributed by atoms with van der Waals surface area (Å²) in [7, 11) is 0. The van der Waals surface area contributed by atoms with Gasteiger partial charge in [0, 0.05) is 12.6 Å². The van der Waals surface area contributed by atoms with E-state index in [1.807, 2.05) is 0 Å². The van der Waals surface area contributed by atoms with Crippen LogP contribution in [0.15, 0.2) is 12.4 Å². The Morgan fingerprint density at radius 1 is 0.897 bits per heavy atom. The van der Waals surface area contributed by atoms with Crippen molar-refractivity contribution in [2.24, 2.45) is 5.41 Å². The first-order chi connectivity index (χ1) is 13.5. The van der Waals surface area contributed by atoms with E-state index in [-0.39, 0.29) is 25.4 Å². The Labute approximate surface area is 169 Å². The smallest absolute Gasteiger partial charge is 0.435 e. The van der Waals surface area contributed by atoms with Crippen molar-refractivity contribution in [1.82, 2.24) is 9.78 Å². The second kappa shape index (κ2) is 10.0. The predicted octanol–water partition coefficient (Wildman–Crippen LogP) is 1.88. The van der Waals surface area contributed by atoms with E-state index in [1.54, 1.807) is 41.5 Å². The van der Waals surface area contributed by atoms with Gasteiger partial charge in [0.15, 0.2) is 0 Å². The van der Waals surface area contributed by atoms with Crippen LogP contribution in [0.1, 0.15) is 47.1 Å². The van der Waals surface area contributed by atoms with E-state index in [9.17, 15) is 19.2 Å². The van der Waals surface area contributed by atoms with Gasteiger partial charge in [0.1, 0.15) is 5.60 Å². The van der Waals surface area contributed by atoms with Crippen LogP contribution in [0.5, 0.6) is 0 Å². The van der Waals surface area contributed by atoms with E-state index in [4.69, 9.17) is 18.9 Å². The van der Waals surface area contributed by atoms with Crippen molar-refractivity contribution >= 4 is 24.0 Å². The minimum Gasteiger partial charge on any atom is -0.465 e. The van der Waals surface area contributed by atoms with Crippen LogP contribution in [0.2, 0.25) is 0 Å². The van der Waals surface area contributed by atoms with E-state index in [2.05, 4.69) is 5.10 Å². The summed E-state index contributed by atoms with van der Waals surface area (Å²) >= 11 is 0. The molecule has 0 spiro atoms. The topological polar surface area (TPSA) is 123 Å². The molecule has 29 heavy (non-hydrogen) atoms. The molecule has 0 unspecified atom stereocenters. The number of hydrogen-bond acceptors (Lipinski definition) is 9. The van der Waals surface area contributed by atoms with Crippen LogP contribution in [0.25, 0.3) is 0 Å². The maximum Gasteiger partial charge on any atom is 0.435 e. The Morgan fingerprint density at radius 2 is 1.34 bits per heavy atom. The molecule has 0 atom stereocenters. The predicted molar refractivity (Wildman–Crippen MR) is 99.9 cm³/mol. The highest BCUT2D eigenvalue weighted by Crippen LogP contribution is 2.29. The van der Waals surface area contributed by atoms with Gasteiger partial charge >= 0.3 is 24.0 Å². The largest absolute Gasteiger partial charge is 0.465 e. The molecule has 1 aromatic heterocycles. The lowest BCUT2D eigenvalue weighted by Crippen LogP contribution is -2.51. The molecule has 0 N–H and O–H groups in total. The summed E-state index contributed by atoms with van der Waals surface area (Å²) in [5.74, 6) is -3.29. The fraction of sp³-hybridized carbons (Fsp3) is 0.632. The summed E-state index contributed by atoms with van der Waals surface area (Å²) in [6.45, 7) is 9.54. The van der Waals surface area contributed by atoms with E-state index < -0.39 is 41.4 Å². The molecule has 0 aliphatic rings. The monoisotopic (exact) mass is 412 g/mol. The first-order valence-electron chi connectivity index (χ1n) is 9.30. The third-order valence-corrected chi connectivity index (χ3v) is 3.56. The molecule has 0 aliphatic carbocycles. The van der Waals surface area contributed by atoms with Crippen molar-refractivity contribution in [2.75, 3.05) is 19.8 Å². The molecule has 0 saturated carbocycles. The molecule has 1 rings (SSSR count). The van der Waals surface area contributed by atoms with Crippen LogP contribution in [0, 0.1) is 5.41 Å². The highest BCUT2D eigenvalue weighted by atomic mass is 16.6. The Hall–Kier alpha value is -2.91. The second-order valence-electron chi connectivity index (χ2n) is 7.02. The van der Waals surface area contributed by atoms with Crippen LogP contribution in [-0.2, 0) is 39.8 Å². The molecular formula is C19H28N2O8. The number of aromatic nitrogens is 2. The SMILES string of the molecule is CCOC(=O)C(Cc1cnn(C(=O)OC(C)(C)C)c1)(C(=O)OCC)C(=O)OCC. The fourth-order valence-electron chi connectivity index (χ4n) is 2.40. The van der Waals surface area contributed by atoms with Crippen LogP contribution in [-0.4, -0.2) is 59.2 Å². The zero-order valence-electron chi connectivity index (χ0n) is 17.6. The average Bonchev–Trinajstić information content (AvgIpc) is 3.07. The van der Waals surface area contributed by atoms with Crippen molar-refractivity contribution in [2.45, 2.75) is 53.6 Å². The minimum absolute atomic E-state index is 0.0590. The molecule has 0 fully saturated rings. The minimum atomic E-state index is -2.37. The quantitative estimate of drug-likeness (QED) is 0.358. The van der Waals surface area contributed by atoms with Crippen LogP contribution in [0.3, 0.4) is 0 Å². The first-order valence-corrected chi connectivity index (χ1v) is 9.30. The normalized spacial score (nSPS) is 11.5. The molecule has 0 aliphatic heterocycles. The van der Waals surface area contributed by atoms with Crippen LogP contribution in [0.4, 0.5) is 4.79 Å². The lowest BCUT2D eigenvalue weighted by Gasteiger charge is -2.26. The van der Waals surface area contributed by atoms with Crippen LogP contribution < -0.4 is 0 Å². The Bertz CT molecular complexity index is 702. The molecule has 10 nitrogen and oxygen atoms in total. The van der Waals surface area contributed by atoms with Gasteiger partial charge in [0.2, 0.25) is 0 Å². The van der Waals surface area contributed by atoms with Crippen LogP contribution >= 0.6 is 0 Å². The number of ether oxygens (including phenoxy) is 4. The molecule has 1 heterocycles. The van der Waals surface area contributed by atoms with Gasteiger partial charge in [-0.2, -0.15) is 9.78 Å². The highest BCUT2D eigenvalue weighted by Gasteiger charge is 2.57. The van der Waals surface area contributed by atoms with Gasteiger partial charge in [0.05, 0.1) is 26.0 Å². The molecule has 0 amide bonds. The molecule has 0 saturated heterocycles. The van der Waals surface area contributed by atoms with Crippen molar-refractivity contribution in [1.29, 1.82) is 0 Å². The van der Waals surface area contributed by atoms with Gasteiger partial charge < -0.3 is 18.9 Å². The Kier molecular flexibility index (Phi) is 8.35. The summed E-state index contributed by atoms with van der Waals surface area (Å²) in [5, 5.41) is 3.89. The molecule has 162 valence electrons. The zero-order chi connectivity index (χ0) is 22.2. The van der Waals surface area contributed by atoms with Gasteiger partial charge in [-0.3, -0.25) is 14.4 Å². The van der Waals surface area contributed by atoms with Gasteiger partial charge in [-0.1, -0.05) is 0 Å². The maximum absolute atomic E-state index is 12.7. The van der Waals surface area contributed by atoms with Gasteiger partial charge in [-0.25, -0.2) is 4.79 Å². The summed E-state index contributed by atoms with van der Waals surface area (Å²) < 4.78 is 21.0. The van der Waals surface area contributed by atoms with E-state index in [0.717, 1.165) is 4.68 Å². The van der Waals surface area contributed by atoms with Gasteiger partial charge in [0.25, 0.3) is 5.41 Å². The number of hydrogen-bond donors (Lipinski definition) is 0.